The third kappa shape index (κ3) is 5.23. The van der Waals surface area contributed by atoms with Crippen LogP contribution in [-0.2, 0) is 11.2 Å². The summed E-state index contributed by atoms with van der Waals surface area (Å²) in [6.07, 6.45) is 1.19. The predicted octanol–water partition coefficient (Wildman–Crippen LogP) is 4.42. The van der Waals surface area contributed by atoms with E-state index in [4.69, 9.17) is 4.74 Å². The van der Waals surface area contributed by atoms with Crippen molar-refractivity contribution in [2.75, 3.05) is 11.9 Å². The summed E-state index contributed by atoms with van der Waals surface area (Å²) in [6, 6.07) is 15.4. The van der Waals surface area contributed by atoms with Crippen LogP contribution in [0.4, 0.5) is 5.69 Å². The van der Waals surface area contributed by atoms with Crippen molar-refractivity contribution in [2.45, 2.75) is 19.8 Å². The number of hydrogen-bond acceptors (Lipinski definition) is 2. The van der Waals surface area contributed by atoms with Crippen molar-refractivity contribution >= 4 is 27.5 Å². The number of ether oxygens (including phenoxy) is 1. The van der Waals surface area contributed by atoms with Crippen molar-refractivity contribution in [2.24, 2.45) is 0 Å². The molecule has 110 valence electrons. The van der Waals surface area contributed by atoms with Crippen LogP contribution in [0, 0.1) is 0 Å². The molecule has 0 bridgehead atoms. The third-order valence-corrected chi connectivity index (χ3v) is 3.47. The lowest BCUT2D eigenvalue weighted by molar-refractivity contribution is -0.116. The van der Waals surface area contributed by atoms with Gasteiger partial charge in [0.15, 0.2) is 0 Å². The van der Waals surface area contributed by atoms with Gasteiger partial charge in [0, 0.05) is 16.6 Å². The first-order chi connectivity index (χ1) is 10.2. The zero-order chi connectivity index (χ0) is 15.1. The Bertz CT molecular complexity index is 596. The summed E-state index contributed by atoms with van der Waals surface area (Å²) in [5.41, 5.74) is 1.93. The minimum atomic E-state index is 0.0131. The number of aryl methyl sites for hydroxylation is 1. The minimum Gasteiger partial charge on any atom is -0.494 e. The van der Waals surface area contributed by atoms with E-state index in [0.717, 1.165) is 27.9 Å². The van der Waals surface area contributed by atoms with Gasteiger partial charge in [0.25, 0.3) is 0 Å². The highest BCUT2D eigenvalue weighted by atomic mass is 79.9. The van der Waals surface area contributed by atoms with Gasteiger partial charge in [-0.15, -0.1) is 0 Å². The standard InChI is InChI=1S/C17H18BrNO2/c1-2-21-16-9-7-15(8-10-16)19-17(20)11-6-13-4-3-5-14(18)12-13/h3-5,7-10,12H,2,6,11H2,1H3,(H,19,20). The Hall–Kier alpha value is -1.81. The predicted molar refractivity (Wildman–Crippen MR) is 88.7 cm³/mol. The highest BCUT2D eigenvalue weighted by molar-refractivity contribution is 9.10. The molecule has 0 atom stereocenters. The van der Waals surface area contributed by atoms with Crippen LogP contribution in [0.1, 0.15) is 18.9 Å². The Morgan fingerprint density at radius 1 is 1.19 bits per heavy atom. The molecule has 0 saturated heterocycles. The topological polar surface area (TPSA) is 38.3 Å². The highest BCUT2D eigenvalue weighted by Crippen LogP contribution is 2.16. The maximum atomic E-state index is 11.9. The van der Waals surface area contributed by atoms with Crippen LogP contribution in [-0.4, -0.2) is 12.5 Å². The second-order valence-electron chi connectivity index (χ2n) is 4.64. The first kappa shape index (κ1) is 15.6. The molecule has 0 aliphatic carbocycles. The molecule has 0 radical (unpaired) electrons. The van der Waals surface area contributed by atoms with E-state index < -0.39 is 0 Å². The fourth-order valence-corrected chi connectivity index (χ4v) is 2.42. The average molecular weight is 348 g/mol. The van der Waals surface area contributed by atoms with Gasteiger partial charge < -0.3 is 10.1 Å². The molecule has 0 fully saturated rings. The number of anilines is 1. The first-order valence-corrected chi connectivity index (χ1v) is 7.74. The lowest BCUT2D eigenvalue weighted by atomic mass is 10.1. The van der Waals surface area contributed by atoms with Gasteiger partial charge in [-0.3, -0.25) is 4.79 Å². The van der Waals surface area contributed by atoms with Crippen LogP contribution in [0.15, 0.2) is 53.0 Å². The lowest BCUT2D eigenvalue weighted by Crippen LogP contribution is -2.12. The fourth-order valence-electron chi connectivity index (χ4n) is 1.97. The number of rotatable bonds is 6. The number of carbonyl (C=O) groups is 1. The monoisotopic (exact) mass is 347 g/mol. The van der Waals surface area contributed by atoms with Crippen molar-refractivity contribution in [1.29, 1.82) is 0 Å². The van der Waals surface area contributed by atoms with E-state index in [1.807, 2.05) is 55.5 Å². The molecule has 0 unspecified atom stereocenters. The van der Waals surface area contributed by atoms with Gasteiger partial charge in [-0.25, -0.2) is 0 Å². The molecule has 2 aromatic carbocycles. The Kier molecular flexibility index (Phi) is 5.81. The zero-order valence-electron chi connectivity index (χ0n) is 11.9. The summed E-state index contributed by atoms with van der Waals surface area (Å²) in [6.45, 7) is 2.58. The van der Waals surface area contributed by atoms with Gasteiger partial charge in [-0.1, -0.05) is 28.1 Å². The molecule has 21 heavy (non-hydrogen) atoms. The molecule has 2 aromatic rings. The summed E-state index contributed by atoms with van der Waals surface area (Å²) in [4.78, 5) is 11.9. The molecule has 0 heterocycles. The molecule has 1 amide bonds. The van der Waals surface area contributed by atoms with Crippen molar-refractivity contribution in [3.63, 3.8) is 0 Å². The van der Waals surface area contributed by atoms with E-state index in [1.165, 1.54) is 0 Å². The van der Waals surface area contributed by atoms with Gasteiger partial charge in [0.1, 0.15) is 5.75 Å². The summed E-state index contributed by atoms with van der Waals surface area (Å²) >= 11 is 3.43. The van der Waals surface area contributed by atoms with E-state index in [-0.39, 0.29) is 5.91 Å². The Morgan fingerprint density at radius 3 is 2.62 bits per heavy atom. The van der Waals surface area contributed by atoms with Crippen molar-refractivity contribution < 1.29 is 9.53 Å². The number of carbonyl (C=O) groups excluding carboxylic acids is 1. The highest BCUT2D eigenvalue weighted by Gasteiger charge is 2.04. The average Bonchev–Trinajstić information content (AvgIpc) is 2.48. The van der Waals surface area contributed by atoms with Crippen LogP contribution in [0.2, 0.25) is 0 Å². The Labute approximate surface area is 133 Å². The molecule has 0 aliphatic rings. The van der Waals surface area contributed by atoms with Crippen LogP contribution < -0.4 is 10.1 Å². The van der Waals surface area contributed by atoms with E-state index in [1.54, 1.807) is 0 Å². The van der Waals surface area contributed by atoms with Crippen molar-refractivity contribution in [3.05, 3.63) is 58.6 Å². The van der Waals surface area contributed by atoms with Gasteiger partial charge >= 0.3 is 0 Å². The first-order valence-electron chi connectivity index (χ1n) is 6.94. The van der Waals surface area contributed by atoms with E-state index >= 15 is 0 Å². The second-order valence-corrected chi connectivity index (χ2v) is 5.55. The number of benzene rings is 2. The van der Waals surface area contributed by atoms with Gasteiger partial charge in [0.05, 0.1) is 6.61 Å². The van der Waals surface area contributed by atoms with Gasteiger partial charge in [-0.05, 0) is 55.3 Å². The van der Waals surface area contributed by atoms with E-state index in [0.29, 0.717) is 13.0 Å². The summed E-state index contributed by atoms with van der Waals surface area (Å²) < 4.78 is 6.40. The Balaban J connectivity index is 1.84. The van der Waals surface area contributed by atoms with Crippen molar-refractivity contribution in [1.82, 2.24) is 0 Å². The smallest absolute Gasteiger partial charge is 0.224 e. The maximum absolute atomic E-state index is 11.9. The molecule has 0 spiro atoms. The molecular formula is C17H18BrNO2. The summed E-state index contributed by atoms with van der Waals surface area (Å²) in [5, 5.41) is 2.89. The molecule has 1 N–H and O–H groups in total. The van der Waals surface area contributed by atoms with E-state index in [2.05, 4.69) is 21.2 Å². The number of halogens is 1. The summed E-state index contributed by atoms with van der Waals surface area (Å²) in [7, 11) is 0. The molecule has 3 nitrogen and oxygen atoms in total. The van der Waals surface area contributed by atoms with Crippen molar-refractivity contribution in [3.8, 4) is 5.75 Å². The molecular weight excluding hydrogens is 330 g/mol. The molecule has 2 rings (SSSR count). The van der Waals surface area contributed by atoms with Gasteiger partial charge in [-0.2, -0.15) is 0 Å². The second kappa shape index (κ2) is 7.84. The molecule has 0 aromatic heterocycles. The summed E-state index contributed by atoms with van der Waals surface area (Å²) in [5.74, 6) is 0.823. The molecule has 0 aliphatic heterocycles. The SMILES string of the molecule is CCOc1ccc(NC(=O)CCc2cccc(Br)c2)cc1. The quantitative estimate of drug-likeness (QED) is 0.839. The van der Waals surface area contributed by atoms with Gasteiger partial charge in [0.2, 0.25) is 5.91 Å². The van der Waals surface area contributed by atoms with Crippen LogP contribution >= 0.6 is 15.9 Å². The fraction of sp³-hybridized carbons (Fsp3) is 0.235. The number of nitrogens with one attached hydrogen (secondary N) is 1. The van der Waals surface area contributed by atoms with Crippen LogP contribution in [0.25, 0.3) is 0 Å². The van der Waals surface area contributed by atoms with Crippen LogP contribution in [0.5, 0.6) is 5.75 Å². The zero-order valence-corrected chi connectivity index (χ0v) is 13.5. The Morgan fingerprint density at radius 2 is 1.95 bits per heavy atom. The van der Waals surface area contributed by atoms with Crippen LogP contribution in [0.3, 0.4) is 0 Å². The normalized spacial score (nSPS) is 10.2. The number of amides is 1. The molecule has 0 saturated carbocycles. The third-order valence-electron chi connectivity index (χ3n) is 2.98. The van der Waals surface area contributed by atoms with E-state index in [9.17, 15) is 4.79 Å². The number of hydrogen-bond donors (Lipinski definition) is 1. The lowest BCUT2D eigenvalue weighted by Gasteiger charge is -2.07. The minimum absolute atomic E-state index is 0.0131. The maximum Gasteiger partial charge on any atom is 0.224 e. The largest absolute Gasteiger partial charge is 0.494 e. The molecule has 4 heteroatoms.